The molecule has 0 spiro atoms. The predicted molar refractivity (Wildman–Crippen MR) is 111 cm³/mol. The number of benzene rings is 1. The van der Waals surface area contributed by atoms with E-state index < -0.39 is 0 Å². The van der Waals surface area contributed by atoms with Crippen LogP contribution < -0.4 is 15.0 Å². The lowest BCUT2D eigenvalue weighted by Gasteiger charge is -2.41. The lowest BCUT2D eigenvalue weighted by Crippen LogP contribution is -2.57. The number of aromatic nitrogens is 2. The van der Waals surface area contributed by atoms with E-state index in [9.17, 15) is 0 Å². The molecular weight excluding hydrogens is 352 g/mol. The van der Waals surface area contributed by atoms with Crippen molar-refractivity contribution in [3.8, 4) is 5.75 Å². The molecule has 1 aliphatic heterocycles. The number of piperazine rings is 1. The maximum Gasteiger partial charge on any atom is 0.179 e. The highest BCUT2D eigenvalue weighted by Gasteiger charge is 2.30. The van der Waals surface area contributed by atoms with Crippen LogP contribution in [0.2, 0.25) is 0 Å². The fraction of sp³-hybridized carbons (Fsp3) is 0.455. The van der Waals surface area contributed by atoms with Crippen LogP contribution in [0.4, 0.5) is 5.82 Å². The average Bonchev–Trinajstić information content (AvgIpc) is 3.11. The van der Waals surface area contributed by atoms with E-state index in [0.29, 0.717) is 12.1 Å². The molecule has 2 unspecified atom stereocenters. The summed E-state index contributed by atoms with van der Waals surface area (Å²) in [6, 6.07) is 7.12. The molecule has 0 radical (unpaired) electrons. The molecule has 3 aromatic rings. The molecule has 6 nitrogen and oxygen atoms in total. The van der Waals surface area contributed by atoms with Crippen LogP contribution in [0.1, 0.15) is 30.9 Å². The molecule has 2 aromatic heterocycles. The fourth-order valence-corrected chi connectivity index (χ4v) is 4.21. The Hall–Kier alpha value is -2.60. The minimum atomic E-state index is 0.359. The van der Waals surface area contributed by atoms with Crippen molar-refractivity contribution < 1.29 is 9.15 Å². The maximum absolute atomic E-state index is 5.73. The second-order valence-electron chi connectivity index (χ2n) is 7.57. The first-order valence-corrected chi connectivity index (χ1v) is 9.98. The Labute approximate surface area is 165 Å². The topological polar surface area (TPSA) is 63.4 Å². The zero-order valence-electron chi connectivity index (χ0n) is 16.8. The molecule has 1 aromatic carbocycles. The molecule has 3 heterocycles. The van der Waals surface area contributed by atoms with Crippen LogP contribution >= 0.6 is 0 Å². The lowest BCUT2D eigenvalue weighted by atomic mass is 9.96. The molecule has 0 aliphatic carbocycles. The summed E-state index contributed by atoms with van der Waals surface area (Å²) in [5, 5.41) is 4.85. The van der Waals surface area contributed by atoms with E-state index in [-0.39, 0.29) is 0 Å². The monoisotopic (exact) mass is 380 g/mol. The molecular formula is C22H28N4O2. The summed E-state index contributed by atoms with van der Waals surface area (Å²) in [7, 11) is 1.68. The molecule has 1 fully saturated rings. The lowest BCUT2D eigenvalue weighted by molar-refractivity contribution is 0.352. The SMILES string of the molecule is COc1cncnc1N1CCNC(C)C1CCCc1coc2ccc(C)cc12. The van der Waals surface area contributed by atoms with Gasteiger partial charge in [0, 0.05) is 30.6 Å². The molecule has 0 amide bonds. The van der Waals surface area contributed by atoms with Gasteiger partial charge in [0.1, 0.15) is 11.9 Å². The van der Waals surface area contributed by atoms with E-state index in [1.165, 1.54) is 16.5 Å². The molecule has 1 saturated heterocycles. The van der Waals surface area contributed by atoms with Crippen LogP contribution in [-0.4, -0.2) is 42.3 Å². The summed E-state index contributed by atoms with van der Waals surface area (Å²) in [4.78, 5) is 11.0. The quantitative estimate of drug-likeness (QED) is 0.703. The number of furan rings is 1. The summed E-state index contributed by atoms with van der Waals surface area (Å²) < 4.78 is 11.2. The standard InChI is InChI=1S/C22H28N4O2/c1-15-7-8-20-18(11-15)17(13-28-20)5-4-6-19-16(2)24-9-10-26(19)22-21(27-3)12-23-14-25-22/h7-8,11-14,16,19,24H,4-6,9-10H2,1-3H3. The first-order chi connectivity index (χ1) is 13.7. The van der Waals surface area contributed by atoms with Crippen LogP contribution in [0.25, 0.3) is 11.0 Å². The molecule has 6 heteroatoms. The third-order valence-electron chi connectivity index (χ3n) is 5.70. The predicted octanol–water partition coefficient (Wildman–Crippen LogP) is 3.73. The Morgan fingerprint density at radius 1 is 1.36 bits per heavy atom. The minimum Gasteiger partial charge on any atom is -0.491 e. The largest absolute Gasteiger partial charge is 0.491 e. The third kappa shape index (κ3) is 3.69. The van der Waals surface area contributed by atoms with Gasteiger partial charge in [-0.3, -0.25) is 0 Å². The number of hydrogen-bond acceptors (Lipinski definition) is 6. The maximum atomic E-state index is 5.73. The van der Waals surface area contributed by atoms with E-state index in [0.717, 1.165) is 49.5 Å². The summed E-state index contributed by atoms with van der Waals surface area (Å²) in [5.41, 5.74) is 3.53. The van der Waals surface area contributed by atoms with Crippen LogP contribution in [-0.2, 0) is 6.42 Å². The second-order valence-corrected chi connectivity index (χ2v) is 7.57. The van der Waals surface area contributed by atoms with Crippen LogP contribution in [0, 0.1) is 6.92 Å². The number of methoxy groups -OCH3 is 1. The van der Waals surface area contributed by atoms with Crippen molar-refractivity contribution >= 4 is 16.8 Å². The van der Waals surface area contributed by atoms with Gasteiger partial charge in [-0.05, 0) is 50.8 Å². The smallest absolute Gasteiger partial charge is 0.179 e. The first kappa shape index (κ1) is 18.7. The molecule has 148 valence electrons. The summed E-state index contributed by atoms with van der Waals surface area (Å²) in [6.45, 7) is 6.23. The molecule has 1 N–H and O–H groups in total. The highest BCUT2D eigenvalue weighted by atomic mass is 16.5. The van der Waals surface area contributed by atoms with Gasteiger partial charge in [-0.1, -0.05) is 11.6 Å². The highest BCUT2D eigenvalue weighted by Crippen LogP contribution is 2.30. The van der Waals surface area contributed by atoms with Crippen LogP contribution in [0.5, 0.6) is 5.75 Å². The van der Waals surface area contributed by atoms with Gasteiger partial charge in [0.15, 0.2) is 11.6 Å². The number of nitrogens with zero attached hydrogens (tertiary/aromatic N) is 3. The zero-order chi connectivity index (χ0) is 19.5. The van der Waals surface area contributed by atoms with Crippen molar-refractivity contribution in [1.29, 1.82) is 0 Å². The number of aryl methyl sites for hydroxylation is 2. The zero-order valence-corrected chi connectivity index (χ0v) is 16.8. The van der Waals surface area contributed by atoms with Crippen molar-refractivity contribution in [1.82, 2.24) is 15.3 Å². The van der Waals surface area contributed by atoms with E-state index in [1.54, 1.807) is 19.6 Å². The highest BCUT2D eigenvalue weighted by molar-refractivity contribution is 5.81. The number of ether oxygens (including phenoxy) is 1. The van der Waals surface area contributed by atoms with Gasteiger partial charge in [-0.15, -0.1) is 0 Å². The van der Waals surface area contributed by atoms with E-state index >= 15 is 0 Å². The number of anilines is 1. The number of nitrogens with one attached hydrogen (secondary N) is 1. The van der Waals surface area contributed by atoms with Crippen molar-refractivity contribution in [3.63, 3.8) is 0 Å². The van der Waals surface area contributed by atoms with Gasteiger partial charge in [0.2, 0.25) is 0 Å². The third-order valence-corrected chi connectivity index (χ3v) is 5.70. The molecule has 0 saturated carbocycles. The number of hydrogen-bond donors (Lipinski definition) is 1. The Morgan fingerprint density at radius 3 is 3.11 bits per heavy atom. The second kappa shape index (κ2) is 8.19. The van der Waals surface area contributed by atoms with E-state index in [4.69, 9.17) is 9.15 Å². The normalized spacial score (nSPS) is 19.9. The summed E-state index contributed by atoms with van der Waals surface area (Å²) in [6.07, 6.45) is 8.42. The number of fused-ring (bicyclic) bond motifs is 1. The Balaban J connectivity index is 1.49. The van der Waals surface area contributed by atoms with Gasteiger partial charge in [-0.2, -0.15) is 0 Å². The Morgan fingerprint density at radius 2 is 2.25 bits per heavy atom. The van der Waals surface area contributed by atoms with Gasteiger partial charge in [-0.25, -0.2) is 9.97 Å². The number of rotatable bonds is 6. The van der Waals surface area contributed by atoms with Crippen molar-refractivity contribution in [2.24, 2.45) is 0 Å². The van der Waals surface area contributed by atoms with Gasteiger partial charge < -0.3 is 19.4 Å². The Kier molecular flexibility index (Phi) is 5.48. The summed E-state index contributed by atoms with van der Waals surface area (Å²) >= 11 is 0. The van der Waals surface area contributed by atoms with Crippen molar-refractivity contribution in [3.05, 3.63) is 48.1 Å². The Bertz CT molecular complexity index is 939. The van der Waals surface area contributed by atoms with Crippen LogP contribution in [0.15, 0.2) is 41.4 Å². The van der Waals surface area contributed by atoms with E-state index in [2.05, 4.69) is 52.2 Å². The average molecular weight is 380 g/mol. The minimum absolute atomic E-state index is 0.359. The molecule has 4 rings (SSSR count). The first-order valence-electron chi connectivity index (χ1n) is 9.98. The van der Waals surface area contributed by atoms with Crippen molar-refractivity contribution in [2.45, 2.75) is 45.2 Å². The molecule has 28 heavy (non-hydrogen) atoms. The van der Waals surface area contributed by atoms with Gasteiger partial charge in [0.25, 0.3) is 0 Å². The van der Waals surface area contributed by atoms with Crippen molar-refractivity contribution in [2.75, 3.05) is 25.1 Å². The van der Waals surface area contributed by atoms with Crippen LogP contribution in [0.3, 0.4) is 0 Å². The van der Waals surface area contributed by atoms with E-state index in [1.807, 2.05) is 6.26 Å². The van der Waals surface area contributed by atoms with Gasteiger partial charge in [0.05, 0.1) is 19.6 Å². The molecule has 1 aliphatic rings. The fourth-order valence-electron chi connectivity index (χ4n) is 4.21. The molecule has 2 atom stereocenters. The summed E-state index contributed by atoms with van der Waals surface area (Å²) in [5.74, 6) is 1.62. The van der Waals surface area contributed by atoms with Gasteiger partial charge >= 0.3 is 0 Å². The molecule has 0 bridgehead atoms.